The zero-order valence-electron chi connectivity index (χ0n) is 7.32. The van der Waals surface area contributed by atoms with Gasteiger partial charge in [-0.05, 0) is 6.92 Å². The van der Waals surface area contributed by atoms with E-state index >= 15 is 0 Å². The molecule has 0 aromatic carbocycles. The maximum Gasteiger partial charge on any atom is 0.289 e. The number of nitrogens with zero attached hydrogens (tertiary/aromatic N) is 3. The Morgan fingerprint density at radius 2 is 2.43 bits per heavy atom. The monoisotopic (exact) mass is 211 g/mol. The summed E-state index contributed by atoms with van der Waals surface area (Å²) in [5, 5.41) is 8.40. The van der Waals surface area contributed by atoms with Crippen molar-refractivity contribution in [1.82, 2.24) is 9.55 Å². The lowest BCUT2D eigenvalue weighted by Gasteiger charge is -2.04. The predicted molar refractivity (Wildman–Crippen MR) is 48.9 cm³/mol. The Balaban J connectivity index is 3.38. The minimum absolute atomic E-state index is 0.0228. The minimum Gasteiger partial charge on any atom is -0.298 e. The van der Waals surface area contributed by atoms with Crippen LogP contribution in [0.5, 0.6) is 0 Å². The fourth-order valence-corrected chi connectivity index (χ4v) is 1.08. The van der Waals surface area contributed by atoms with E-state index in [0.29, 0.717) is 0 Å². The molecule has 1 aromatic heterocycles. The number of hydrogen-bond acceptors (Lipinski definition) is 4. The molecule has 0 saturated carbocycles. The highest BCUT2D eigenvalue weighted by Crippen LogP contribution is 1.99. The maximum absolute atomic E-state index is 11.3. The van der Waals surface area contributed by atoms with Crippen LogP contribution in [0, 0.1) is 11.3 Å². The molecule has 0 radical (unpaired) electrons. The number of hydrogen-bond donors (Lipinski definition) is 0. The molecule has 6 heteroatoms. The zero-order chi connectivity index (χ0) is 10.7. The van der Waals surface area contributed by atoms with Gasteiger partial charge in [-0.3, -0.25) is 14.2 Å². The first-order valence-electron chi connectivity index (χ1n) is 3.71. The second-order valence-electron chi connectivity index (χ2n) is 2.64. The van der Waals surface area contributed by atoms with Crippen LogP contribution in [0.15, 0.2) is 11.0 Å². The molecule has 0 aliphatic heterocycles. The summed E-state index contributed by atoms with van der Waals surface area (Å²) in [5.41, 5.74) is -0.601. The number of ketones is 1. The van der Waals surface area contributed by atoms with Crippen molar-refractivity contribution >= 4 is 17.4 Å². The molecule has 0 aliphatic carbocycles. The average Bonchev–Trinajstić information content (AvgIpc) is 2.13. The van der Waals surface area contributed by atoms with E-state index in [4.69, 9.17) is 16.9 Å². The molecule has 14 heavy (non-hydrogen) atoms. The van der Waals surface area contributed by atoms with Crippen molar-refractivity contribution in [2.75, 3.05) is 0 Å². The highest BCUT2D eigenvalue weighted by Gasteiger charge is 2.09. The number of nitriles is 1. The zero-order valence-corrected chi connectivity index (χ0v) is 8.08. The number of carbonyl (C=O) groups is 1. The smallest absolute Gasteiger partial charge is 0.289 e. The van der Waals surface area contributed by atoms with Gasteiger partial charge in [-0.1, -0.05) is 11.6 Å². The molecule has 0 unspecified atom stereocenters. The fraction of sp³-hybridized carbons (Fsp3) is 0.250. The summed E-state index contributed by atoms with van der Waals surface area (Å²) in [6.45, 7) is 1.16. The van der Waals surface area contributed by atoms with Crippen LogP contribution in [0.1, 0.15) is 12.6 Å². The van der Waals surface area contributed by atoms with Crippen molar-refractivity contribution in [3.8, 4) is 6.07 Å². The van der Waals surface area contributed by atoms with Gasteiger partial charge in [-0.2, -0.15) is 5.26 Å². The number of halogens is 1. The van der Waals surface area contributed by atoms with Crippen molar-refractivity contribution in [1.29, 1.82) is 5.26 Å². The Bertz CT molecular complexity index is 472. The molecule has 72 valence electrons. The first kappa shape index (κ1) is 10.4. The van der Waals surface area contributed by atoms with Gasteiger partial charge in [0.25, 0.3) is 5.56 Å². The number of Topliss-reactive ketones (excluding diaryl/α,β-unsaturated/α-hetero) is 1. The molecule has 0 amide bonds. The third-order valence-electron chi connectivity index (χ3n) is 1.51. The van der Waals surface area contributed by atoms with Crippen LogP contribution < -0.4 is 5.56 Å². The van der Waals surface area contributed by atoms with Gasteiger partial charge in [0, 0.05) is 0 Å². The van der Waals surface area contributed by atoms with Crippen LogP contribution in [0.25, 0.3) is 0 Å². The van der Waals surface area contributed by atoms with Crippen molar-refractivity contribution < 1.29 is 4.79 Å². The Hall–Kier alpha value is -1.67. The average molecular weight is 212 g/mol. The normalized spacial score (nSPS) is 9.50. The summed E-state index contributed by atoms with van der Waals surface area (Å²) < 4.78 is 0.998. The SMILES string of the molecule is CC(=O)Cn1c(C#N)cnc(Cl)c1=O. The summed E-state index contributed by atoms with van der Waals surface area (Å²) in [4.78, 5) is 25.7. The van der Waals surface area contributed by atoms with Gasteiger partial charge in [0.05, 0.1) is 12.7 Å². The molecule has 0 aliphatic rings. The van der Waals surface area contributed by atoms with Gasteiger partial charge in [0.15, 0.2) is 5.15 Å². The molecule has 0 bridgehead atoms. The molecule has 1 aromatic rings. The second-order valence-corrected chi connectivity index (χ2v) is 3.00. The minimum atomic E-state index is -0.624. The van der Waals surface area contributed by atoms with Gasteiger partial charge in [0.1, 0.15) is 17.5 Å². The molecule has 1 rings (SSSR count). The summed E-state index contributed by atoms with van der Waals surface area (Å²) in [5.74, 6) is -0.231. The van der Waals surface area contributed by atoms with Crippen LogP contribution in [0.2, 0.25) is 5.15 Å². The highest BCUT2D eigenvalue weighted by molar-refractivity contribution is 6.29. The predicted octanol–water partition coefficient (Wildman–Crippen LogP) is 0.357. The van der Waals surface area contributed by atoms with Crippen LogP contribution in [-0.4, -0.2) is 15.3 Å². The van der Waals surface area contributed by atoms with Gasteiger partial charge < -0.3 is 0 Å². The van der Waals surface area contributed by atoms with Crippen LogP contribution in [0.4, 0.5) is 0 Å². The topological polar surface area (TPSA) is 75.8 Å². The van der Waals surface area contributed by atoms with E-state index in [2.05, 4.69) is 4.98 Å². The third kappa shape index (κ3) is 1.98. The molecule has 1 heterocycles. The molecule has 0 fully saturated rings. The lowest BCUT2D eigenvalue weighted by molar-refractivity contribution is -0.117. The Kier molecular flexibility index (Phi) is 2.99. The van der Waals surface area contributed by atoms with E-state index in [1.165, 1.54) is 6.92 Å². The second kappa shape index (κ2) is 4.03. The first-order valence-corrected chi connectivity index (χ1v) is 4.09. The molecule has 5 nitrogen and oxygen atoms in total. The van der Waals surface area contributed by atoms with E-state index in [9.17, 15) is 9.59 Å². The lowest BCUT2D eigenvalue weighted by Crippen LogP contribution is -2.26. The van der Waals surface area contributed by atoms with Gasteiger partial charge in [-0.15, -0.1) is 0 Å². The highest BCUT2D eigenvalue weighted by atomic mass is 35.5. The Morgan fingerprint density at radius 1 is 1.79 bits per heavy atom. The summed E-state index contributed by atoms with van der Waals surface area (Å²) in [7, 11) is 0. The first-order chi connectivity index (χ1) is 6.56. The van der Waals surface area contributed by atoms with E-state index in [0.717, 1.165) is 10.8 Å². The van der Waals surface area contributed by atoms with Crippen LogP contribution in [0.3, 0.4) is 0 Å². The summed E-state index contributed by atoms with van der Waals surface area (Å²) >= 11 is 5.46. The molecule has 0 atom stereocenters. The lowest BCUT2D eigenvalue weighted by atomic mass is 10.4. The van der Waals surface area contributed by atoms with E-state index < -0.39 is 5.56 Å². The van der Waals surface area contributed by atoms with Crippen LogP contribution >= 0.6 is 11.6 Å². The summed E-state index contributed by atoms with van der Waals surface area (Å²) in [6, 6.07) is 1.76. The van der Waals surface area contributed by atoms with Gasteiger partial charge in [0.2, 0.25) is 0 Å². The standard InChI is InChI=1S/C8H6ClN3O2/c1-5(13)4-12-6(2-10)3-11-7(9)8(12)14/h3H,4H2,1H3. The molecular weight excluding hydrogens is 206 g/mol. The molecule has 0 saturated heterocycles. The van der Waals surface area contributed by atoms with Gasteiger partial charge in [-0.25, -0.2) is 4.98 Å². The Morgan fingerprint density at radius 3 is 2.93 bits per heavy atom. The van der Waals surface area contributed by atoms with Crippen molar-refractivity contribution in [3.63, 3.8) is 0 Å². The van der Waals surface area contributed by atoms with E-state index in [-0.39, 0.29) is 23.2 Å². The molecular formula is C8H6ClN3O2. The molecule has 0 spiro atoms. The van der Waals surface area contributed by atoms with Crippen molar-refractivity contribution in [2.24, 2.45) is 0 Å². The number of carbonyl (C=O) groups excluding carboxylic acids is 1. The number of rotatable bonds is 2. The maximum atomic E-state index is 11.3. The largest absolute Gasteiger partial charge is 0.298 e. The number of aromatic nitrogens is 2. The molecule has 0 N–H and O–H groups in total. The van der Waals surface area contributed by atoms with E-state index in [1.54, 1.807) is 6.07 Å². The fourth-order valence-electron chi connectivity index (χ4n) is 0.932. The Labute approximate surface area is 84.6 Å². The quantitative estimate of drug-likeness (QED) is 0.708. The third-order valence-corrected chi connectivity index (χ3v) is 1.77. The van der Waals surface area contributed by atoms with Gasteiger partial charge >= 0.3 is 0 Å². The summed E-state index contributed by atoms with van der Waals surface area (Å²) in [6.07, 6.45) is 1.16. The van der Waals surface area contributed by atoms with E-state index in [1.807, 2.05) is 0 Å². The van der Waals surface area contributed by atoms with Crippen molar-refractivity contribution in [2.45, 2.75) is 13.5 Å². The van der Waals surface area contributed by atoms with Crippen LogP contribution in [-0.2, 0) is 11.3 Å². The van der Waals surface area contributed by atoms with Crippen molar-refractivity contribution in [3.05, 3.63) is 27.4 Å².